The molecular formula is C13H16N2O4. The van der Waals surface area contributed by atoms with Gasteiger partial charge in [-0.2, -0.15) is 5.26 Å². The maximum Gasteiger partial charge on any atom is 0.419 e. The van der Waals surface area contributed by atoms with Gasteiger partial charge in [-0.25, -0.2) is 14.2 Å². The zero-order valence-electron chi connectivity index (χ0n) is 11.4. The highest BCUT2D eigenvalue weighted by atomic mass is 16.6. The van der Waals surface area contributed by atoms with Gasteiger partial charge in [0.05, 0.1) is 12.2 Å². The molecule has 1 heterocycles. The van der Waals surface area contributed by atoms with Crippen LogP contribution in [0.25, 0.3) is 0 Å². The second-order valence-corrected chi connectivity index (χ2v) is 4.76. The Morgan fingerprint density at radius 2 is 2.05 bits per heavy atom. The van der Waals surface area contributed by atoms with Gasteiger partial charge >= 0.3 is 12.1 Å². The smallest absolute Gasteiger partial charge is 0.419 e. The Balaban J connectivity index is 3.16. The molecular weight excluding hydrogens is 248 g/mol. The van der Waals surface area contributed by atoms with Crippen LogP contribution in [0.2, 0.25) is 0 Å². The van der Waals surface area contributed by atoms with Gasteiger partial charge in [0.15, 0.2) is 5.69 Å². The first-order chi connectivity index (χ1) is 8.80. The topological polar surface area (TPSA) is 81.3 Å². The predicted molar refractivity (Wildman–Crippen MR) is 66.7 cm³/mol. The minimum atomic E-state index is -0.727. The lowest BCUT2D eigenvalue weighted by Gasteiger charge is -2.20. The van der Waals surface area contributed by atoms with Gasteiger partial charge in [0.2, 0.25) is 0 Å². The maximum atomic E-state index is 11.9. The number of hydrogen-bond acceptors (Lipinski definition) is 5. The van der Waals surface area contributed by atoms with Gasteiger partial charge in [0.1, 0.15) is 11.7 Å². The van der Waals surface area contributed by atoms with Crippen LogP contribution in [0.4, 0.5) is 4.79 Å². The van der Waals surface area contributed by atoms with E-state index in [4.69, 9.17) is 14.7 Å². The van der Waals surface area contributed by atoms with Crippen molar-refractivity contribution in [2.45, 2.75) is 33.3 Å². The first-order valence-corrected chi connectivity index (χ1v) is 5.82. The van der Waals surface area contributed by atoms with Crippen molar-refractivity contribution in [3.63, 3.8) is 0 Å². The highest BCUT2D eigenvalue weighted by molar-refractivity contribution is 5.94. The Morgan fingerprint density at radius 1 is 1.42 bits per heavy atom. The molecule has 102 valence electrons. The number of nitriles is 1. The summed E-state index contributed by atoms with van der Waals surface area (Å²) in [4.78, 5) is 23.7. The first kappa shape index (κ1) is 14.8. The lowest BCUT2D eigenvalue weighted by atomic mass is 10.2. The van der Waals surface area contributed by atoms with Crippen LogP contribution in [0.1, 0.15) is 43.7 Å². The zero-order valence-corrected chi connectivity index (χ0v) is 11.4. The molecule has 0 spiro atoms. The highest BCUT2D eigenvalue weighted by Crippen LogP contribution is 2.15. The average molecular weight is 264 g/mol. The van der Waals surface area contributed by atoms with Crippen molar-refractivity contribution in [3.8, 4) is 6.07 Å². The van der Waals surface area contributed by atoms with Crippen LogP contribution < -0.4 is 0 Å². The standard InChI is InChI=1S/C13H16N2O4/c1-5-18-11(16)10-9(8-14)6-7-15(10)12(17)19-13(2,3)4/h6-7H,5H2,1-4H3. The number of aromatic nitrogens is 1. The van der Waals surface area contributed by atoms with Gasteiger partial charge in [0, 0.05) is 6.20 Å². The molecule has 19 heavy (non-hydrogen) atoms. The van der Waals surface area contributed by atoms with E-state index in [1.165, 1.54) is 12.3 Å². The molecule has 0 aliphatic rings. The van der Waals surface area contributed by atoms with E-state index in [1.54, 1.807) is 27.7 Å². The van der Waals surface area contributed by atoms with Crippen LogP contribution in [0.3, 0.4) is 0 Å². The molecule has 0 bridgehead atoms. The molecule has 0 saturated heterocycles. The van der Waals surface area contributed by atoms with Gasteiger partial charge in [-0.05, 0) is 33.8 Å². The first-order valence-electron chi connectivity index (χ1n) is 5.82. The Hall–Kier alpha value is -2.29. The van der Waals surface area contributed by atoms with Crippen molar-refractivity contribution in [2.24, 2.45) is 0 Å². The third kappa shape index (κ3) is 3.58. The molecule has 0 radical (unpaired) electrons. The van der Waals surface area contributed by atoms with Crippen LogP contribution in [-0.2, 0) is 9.47 Å². The van der Waals surface area contributed by atoms with E-state index in [0.29, 0.717) is 0 Å². The summed E-state index contributed by atoms with van der Waals surface area (Å²) in [7, 11) is 0. The van der Waals surface area contributed by atoms with E-state index in [2.05, 4.69) is 0 Å². The van der Waals surface area contributed by atoms with E-state index in [9.17, 15) is 9.59 Å². The number of ether oxygens (including phenoxy) is 2. The molecule has 0 aliphatic heterocycles. The lowest BCUT2D eigenvalue weighted by Crippen LogP contribution is -2.29. The third-order valence-corrected chi connectivity index (χ3v) is 2.07. The Morgan fingerprint density at radius 3 is 2.53 bits per heavy atom. The molecule has 0 amide bonds. The molecule has 0 aromatic carbocycles. The fourth-order valence-corrected chi connectivity index (χ4v) is 1.39. The van der Waals surface area contributed by atoms with Gasteiger partial charge < -0.3 is 9.47 Å². The van der Waals surface area contributed by atoms with Crippen molar-refractivity contribution in [1.29, 1.82) is 5.26 Å². The average Bonchev–Trinajstić information content (AvgIpc) is 2.70. The van der Waals surface area contributed by atoms with Gasteiger partial charge in [-0.1, -0.05) is 0 Å². The van der Waals surface area contributed by atoms with Crippen molar-refractivity contribution in [3.05, 3.63) is 23.5 Å². The minimum Gasteiger partial charge on any atom is -0.461 e. The van der Waals surface area contributed by atoms with Crippen LogP contribution in [0.15, 0.2) is 12.3 Å². The Bertz CT molecular complexity index is 532. The monoisotopic (exact) mass is 264 g/mol. The van der Waals surface area contributed by atoms with Gasteiger partial charge in [-0.3, -0.25) is 0 Å². The molecule has 1 aromatic rings. The molecule has 0 fully saturated rings. The summed E-state index contributed by atoms with van der Waals surface area (Å²) in [5.74, 6) is -0.727. The van der Waals surface area contributed by atoms with E-state index in [0.717, 1.165) is 4.57 Å². The molecule has 0 atom stereocenters. The summed E-state index contributed by atoms with van der Waals surface area (Å²) in [5, 5.41) is 8.94. The second-order valence-electron chi connectivity index (χ2n) is 4.76. The fourth-order valence-electron chi connectivity index (χ4n) is 1.39. The molecule has 0 unspecified atom stereocenters. The summed E-state index contributed by atoms with van der Waals surface area (Å²) in [6, 6.07) is 3.21. The molecule has 6 heteroatoms. The summed E-state index contributed by atoms with van der Waals surface area (Å²) < 4.78 is 11.0. The minimum absolute atomic E-state index is 0.0734. The van der Waals surface area contributed by atoms with Gasteiger partial charge in [0.25, 0.3) is 0 Å². The normalized spacial score (nSPS) is 10.7. The lowest BCUT2D eigenvalue weighted by molar-refractivity contribution is 0.0449. The highest BCUT2D eigenvalue weighted by Gasteiger charge is 2.25. The van der Waals surface area contributed by atoms with Crippen LogP contribution >= 0.6 is 0 Å². The van der Waals surface area contributed by atoms with E-state index in [-0.39, 0.29) is 17.9 Å². The van der Waals surface area contributed by atoms with E-state index in [1.807, 2.05) is 6.07 Å². The molecule has 0 saturated carbocycles. The van der Waals surface area contributed by atoms with E-state index < -0.39 is 17.7 Å². The maximum absolute atomic E-state index is 11.9. The molecule has 0 N–H and O–H groups in total. The molecule has 1 rings (SSSR count). The molecule has 1 aromatic heterocycles. The number of esters is 1. The summed E-state index contributed by atoms with van der Waals surface area (Å²) >= 11 is 0. The van der Waals surface area contributed by atoms with Crippen molar-refractivity contribution >= 4 is 12.1 Å². The van der Waals surface area contributed by atoms with Crippen molar-refractivity contribution in [2.75, 3.05) is 6.61 Å². The second kappa shape index (κ2) is 5.57. The summed E-state index contributed by atoms with van der Waals surface area (Å²) in [6.07, 6.45) is 0.593. The SMILES string of the molecule is CCOC(=O)c1c(C#N)ccn1C(=O)OC(C)(C)C. The third-order valence-electron chi connectivity index (χ3n) is 2.07. The van der Waals surface area contributed by atoms with Crippen LogP contribution in [0, 0.1) is 11.3 Å². The fraction of sp³-hybridized carbons (Fsp3) is 0.462. The summed E-state index contributed by atoms with van der Waals surface area (Å²) in [5.41, 5.74) is -0.733. The number of carbonyl (C=O) groups excluding carboxylic acids is 2. The predicted octanol–water partition coefficient (Wildman–Crippen LogP) is 2.32. The number of rotatable bonds is 2. The number of nitrogens with zero attached hydrogens (tertiary/aromatic N) is 2. The Labute approximate surface area is 111 Å². The molecule has 0 aliphatic carbocycles. The molecule has 6 nitrogen and oxygen atoms in total. The van der Waals surface area contributed by atoms with Crippen molar-refractivity contribution in [1.82, 2.24) is 4.57 Å². The Kier molecular flexibility index (Phi) is 4.33. The number of carbonyl (C=O) groups is 2. The quantitative estimate of drug-likeness (QED) is 0.765. The number of hydrogen-bond donors (Lipinski definition) is 0. The van der Waals surface area contributed by atoms with Gasteiger partial charge in [-0.15, -0.1) is 0 Å². The van der Waals surface area contributed by atoms with E-state index >= 15 is 0 Å². The largest absolute Gasteiger partial charge is 0.461 e. The zero-order chi connectivity index (χ0) is 14.6. The van der Waals surface area contributed by atoms with Crippen LogP contribution in [-0.4, -0.2) is 28.8 Å². The summed E-state index contributed by atoms with van der Waals surface area (Å²) in [6.45, 7) is 6.94. The van der Waals surface area contributed by atoms with Crippen molar-refractivity contribution < 1.29 is 19.1 Å². The van der Waals surface area contributed by atoms with Crippen LogP contribution in [0.5, 0.6) is 0 Å².